The molecule has 0 atom stereocenters. The first-order valence-corrected chi connectivity index (χ1v) is 8.14. The number of aromatic amines is 1. The van der Waals surface area contributed by atoms with E-state index in [1.807, 2.05) is 0 Å². The number of hydrogen-bond acceptors (Lipinski definition) is 3. The molecule has 0 amide bonds. The zero-order chi connectivity index (χ0) is 13.9. The molecular weight excluding hydrogens is 264 g/mol. The van der Waals surface area contributed by atoms with E-state index >= 15 is 0 Å². The number of hydrogen-bond donors (Lipinski definition) is 2. The third kappa shape index (κ3) is 3.67. The smallest absolute Gasteiger partial charge is 0.245 e. The Hall–Kier alpha value is -1.14. The molecule has 106 valence electrons. The molecule has 2 N–H and O–H groups in total. The van der Waals surface area contributed by atoms with Gasteiger partial charge in [0, 0.05) is 25.0 Å². The quantitative estimate of drug-likeness (QED) is 0.879. The Kier molecular flexibility index (Phi) is 4.42. The maximum Gasteiger partial charge on any atom is 0.245 e. The van der Waals surface area contributed by atoms with Gasteiger partial charge in [0.25, 0.3) is 0 Å². The second-order valence-corrected chi connectivity index (χ2v) is 7.09. The van der Waals surface area contributed by atoms with Gasteiger partial charge in [-0.1, -0.05) is 19.8 Å². The fraction of sp³-hybridized carbons (Fsp3) is 0.615. The van der Waals surface area contributed by atoms with Gasteiger partial charge in [0.2, 0.25) is 15.5 Å². The van der Waals surface area contributed by atoms with Crippen LogP contribution in [0.1, 0.15) is 32.6 Å². The highest BCUT2D eigenvalue weighted by atomic mass is 32.2. The predicted octanol–water partition coefficient (Wildman–Crippen LogP) is 1.48. The van der Waals surface area contributed by atoms with Gasteiger partial charge in [-0.2, -0.15) is 0 Å². The molecule has 1 fully saturated rings. The van der Waals surface area contributed by atoms with Gasteiger partial charge >= 0.3 is 0 Å². The van der Waals surface area contributed by atoms with Gasteiger partial charge in [-0.3, -0.25) is 4.79 Å². The Morgan fingerprint density at radius 1 is 1.32 bits per heavy atom. The van der Waals surface area contributed by atoms with Gasteiger partial charge < -0.3 is 4.98 Å². The fourth-order valence-corrected chi connectivity index (χ4v) is 3.62. The van der Waals surface area contributed by atoms with E-state index in [0.29, 0.717) is 12.5 Å². The van der Waals surface area contributed by atoms with Crippen molar-refractivity contribution < 1.29 is 8.42 Å². The molecule has 0 spiro atoms. The van der Waals surface area contributed by atoms with Gasteiger partial charge in [0.05, 0.1) is 0 Å². The van der Waals surface area contributed by atoms with Crippen LogP contribution in [0.2, 0.25) is 0 Å². The van der Waals surface area contributed by atoms with Crippen LogP contribution < -0.4 is 10.2 Å². The lowest BCUT2D eigenvalue weighted by Gasteiger charge is -2.26. The Labute approximate surface area is 113 Å². The molecule has 0 bridgehead atoms. The topological polar surface area (TPSA) is 79.0 Å². The van der Waals surface area contributed by atoms with Gasteiger partial charge in [-0.05, 0) is 24.7 Å². The lowest BCUT2D eigenvalue weighted by molar-refractivity contribution is 0.290. The molecule has 1 heterocycles. The van der Waals surface area contributed by atoms with E-state index in [1.54, 1.807) is 0 Å². The first-order chi connectivity index (χ1) is 8.99. The molecule has 1 aliphatic carbocycles. The lowest BCUT2D eigenvalue weighted by Crippen LogP contribution is -2.33. The molecule has 0 unspecified atom stereocenters. The summed E-state index contributed by atoms with van der Waals surface area (Å²) in [5.74, 6) is 1.12. The molecule has 1 aromatic rings. The summed E-state index contributed by atoms with van der Waals surface area (Å²) >= 11 is 0. The summed E-state index contributed by atoms with van der Waals surface area (Å²) in [5.41, 5.74) is -0.483. The van der Waals surface area contributed by atoms with Gasteiger partial charge in [-0.15, -0.1) is 0 Å². The number of H-pyrrole nitrogens is 1. The highest BCUT2D eigenvalue weighted by Gasteiger charge is 2.22. The standard InChI is InChI=1S/C13H20N2O3S/c1-10-2-4-11(5-3-10)8-15-19(17,18)13-9-14-7-6-12(13)16/h6-7,9-11,15H,2-5,8H2,1H3,(H,14,16). The van der Waals surface area contributed by atoms with Crippen LogP contribution in [-0.2, 0) is 10.0 Å². The van der Waals surface area contributed by atoms with Crippen LogP contribution in [0.4, 0.5) is 0 Å². The minimum absolute atomic E-state index is 0.209. The number of aromatic nitrogens is 1. The minimum Gasteiger partial charge on any atom is -0.366 e. The Bertz CT molecular complexity index is 572. The third-order valence-corrected chi connectivity index (χ3v) is 5.22. The summed E-state index contributed by atoms with van der Waals surface area (Å²) in [7, 11) is -3.70. The highest BCUT2D eigenvalue weighted by molar-refractivity contribution is 7.89. The van der Waals surface area contributed by atoms with E-state index in [-0.39, 0.29) is 4.90 Å². The van der Waals surface area contributed by atoms with Crippen LogP contribution in [0.15, 0.2) is 28.2 Å². The van der Waals surface area contributed by atoms with Gasteiger partial charge in [0.1, 0.15) is 4.90 Å². The molecule has 0 radical (unpaired) electrons. The third-order valence-electron chi connectivity index (χ3n) is 3.78. The van der Waals surface area contributed by atoms with Crippen molar-refractivity contribution >= 4 is 10.0 Å². The minimum atomic E-state index is -3.70. The first kappa shape index (κ1) is 14.3. The van der Waals surface area contributed by atoms with E-state index in [9.17, 15) is 13.2 Å². The van der Waals surface area contributed by atoms with E-state index in [0.717, 1.165) is 31.6 Å². The molecule has 6 heteroatoms. The average Bonchev–Trinajstić information content (AvgIpc) is 2.38. The van der Waals surface area contributed by atoms with Crippen LogP contribution in [0.3, 0.4) is 0 Å². The fourth-order valence-electron chi connectivity index (χ4n) is 2.45. The van der Waals surface area contributed by atoms with Crippen molar-refractivity contribution in [1.29, 1.82) is 0 Å². The van der Waals surface area contributed by atoms with Crippen molar-refractivity contribution in [3.63, 3.8) is 0 Å². The van der Waals surface area contributed by atoms with Crippen molar-refractivity contribution in [3.05, 3.63) is 28.7 Å². The lowest BCUT2D eigenvalue weighted by atomic mass is 9.83. The molecule has 1 aromatic heterocycles. The van der Waals surface area contributed by atoms with E-state index in [2.05, 4.69) is 16.6 Å². The molecule has 1 aliphatic rings. The molecule has 0 saturated heterocycles. The van der Waals surface area contributed by atoms with Crippen molar-refractivity contribution in [3.8, 4) is 0 Å². The maximum absolute atomic E-state index is 12.0. The Balaban J connectivity index is 1.99. The van der Waals surface area contributed by atoms with E-state index < -0.39 is 15.5 Å². The van der Waals surface area contributed by atoms with E-state index in [1.165, 1.54) is 18.5 Å². The summed E-state index contributed by atoms with van der Waals surface area (Å²) in [6.45, 7) is 2.65. The summed E-state index contributed by atoms with van der Waals surface area (Å²) in [5, 5.41) is 0. The van der Waals surface area contributed by atoms with Crippen LogP contribution in [0, 0.1) is 11.8 Å². The van der Waals surface area contributed by atoms with Crippen LogP contribution in [0.5, 0.6) is 0 Å². The zero-order valence-corrected chi connectivity index (χ0v) is 11.9. The van der Waals surface area contributed by atoms with E-state index in [4.69, 9.17) is 0 Å². The molecule has 0 aliphatic heterocycles. The average molecular weight is 284 g/mol. The van der Waals surface area contributed by atoms with Gasteiger partial charge in [0.15, 0.2) is 0 Å². The largest absolute Gasteiger partial charge is 0.366 e. The number of sulfonamides is 1. The zero-order valence-electron chi connectivity index (χ0n) is 11.1. The molecule has 2 rings (SSSR count). The van der Waals surface area contributed by atoms with Crippen molar-refractivity contribution in [2.75, 3.05) is 6.54 Å². The highest BCUT2D eigenvalue weighted by Crippen LogP contribution is 2.27. The maximum atomic E-state index is 12.0. The van der Waals surface area contributed by atoms with Crippen molar-refractivity contribution in [1.82, 2.24) is 9.71 Å². The monoisotopic (exact) mass is 284 g/mol. The van der Waals surface area contributed by atoms with Gasteiger partial charge in [-0.25, -0.2) is 13.1 Å². The number of rotatable bonds is 4. The molecule has 19 heavy (non-hydrogen) atoms. The summed E-state index contributed by atoms with van der Waals surface area (Å²) in [6.07, 6.45) is 7.05. The molecule has 0 aromatic carbocycles. The molecular formula is C13H20N2O3S. The predicted molar refractivity (Wildman–Crippen MR) is 73.4 cm³/mol. The summed E-state index contributed by atoms with van der Waals surface area (Å²) in [6, 6.07) is 1.22. The summed E-state index contributed by atoms with van der Waals surface area (Å²) < 4.78 is 26.6. The van der Waals surface area contributed by atoms with Crippen LogP contribution in [0.25, 0.3) is 0 Å². The Morgan fingerprint density at radius 2 is 2.00 bits per heavy atom. The second-order valence-electron chi connectivity index (χ2n) is 5.35. The SMILES string of the molecule is CC1CCC(CNS(=O)(=O)c2c[nH]ccc2=O)CC1. The normalized spacial score (nSPS) is 24.3. The van der Waals surface area contributed by atoms with Crippen molar-refractivity contribution in [2.24, 2.45) is 11.8 Å². The molecule has 1 saturated carbocycles. The second kappa shape index (κ2) is 5.88. The van der Waals surface area contributed by atoms with Crippen molar-refractivity contribution in [2.45, 2.75) is 37.5 Å². The van der Waals surface area contributed by atoms with Crippen LogP contribution in [-0.4, -0.2) is 19.9 Å². The molecule has 5 nitrogen and oxygen atoms in total. The Morgan fingerprint density at radius 3 is 2.63 bits per heavy atom. The summed E-state index contributed by atoms with van der Waals surface area (Å²) in [4.78, 5) is 13.9. The first-order valence-electron chi connectivity index (χ1n) is 6.66. The number of nitrogens with one attached hydrogen (secondary N) is 2. The van der Waals surface area contributed by atoms with Crippen LogP contribution >= 0.6 is 0 Å². The number of pyridine rings is 1.